The number of hydrogen-bond donors (Lipinski definition) is 2. The Bertz CT molecular complexity index is 2620. The maximum absolute atomic E-state index is 11.7. The van der Waals surface area contributed by atoms with Gasteiger partial charge in [0, 0.05) is 0 Å². The maximum atomic E-state index is 11.7. The summed E-state index contributed by atoms with van der Waals surface area (Å²) in [6.45, 7) is 3.66. The first kappa shape index (κ1) is 55.1. The molecule has 9 rings (SSSR count). The summed E-state index contributed by atoms with van der Waals surface area (Å²) in [5.74, 6) is -2.23. The average Bonchev–Trinajstić information content (AvgIpc) is 3.43. The van der Waals surface area contributed by atoms with Crippen LogP contribution >= 0.6 is 47.8 Å². The third-order valence-electron chi connectivity index (χ3n) is 12.9. The first-order valence-electron chi connectivity index (χ1n) is 23.8. The van der Waals surface area contributed by atoms with Crippen LogP contribution in [0.4, 0.5) is 0 Å². The van der Waals surface area contributed by atoms with E-state index in [9.17, 15) is 19.8 Å². The molecule has 0 aliphatic carbocycles. The molecule has 2 unspecified atom stereocenters. The van der Waals surface area contributed by atoms with Gasteiger partial charge in [-0.05, 0) is 0 Å². The van der Waals surface area contributed by atoms with Gasteiger partial charge in [-0.3, -0.25) is 0 Å². The van der Waals surface area contributed by atoms with Crippen molar-refractivity contribution < 1.29 is 19.8 Å². The molecule has 10 heteroatoms. The number of aliphatic carboxylic acids is 2. The normalized spacial score (nSPS) is 12.0. The molecule has 0 radical (unpaired) electrons. The number of hydrogen-bond acceptors (Lipinski definition) is 2. The Kier molecular flexibility index (Phi) is 20.7. The van der Waals surface area contributed by atoms with Crippen LogP contribution in [0, 0.1) is 11.8 Å². The van der Waals surface area contributed by atoms with Crippen LogP contribution in [0.5, 0.6) is 0 Å². The van der Waals surface area contributed by atoms with Crippen LogP contribution < -0.4 is 36.2 Å². The first-order chi connectivity index (χ1) is 34.9. The molecule has 0 bridgehead atoms. The molecule has 0 heterocycles. The van der Waals surface area contributed by atoms with Crippen LogP contribution in [0.3, 0.4) is 0 Å². The second kappa shape index (κ2) is 27.0. The van der Waals surface area contributed by atoms with Crippen LogP contribution in [0.2, 0.25) is 10.5 Å². The van der Waals surface area contributed by atoms with E-state index in [4.69, 9.17) is 0 Å². The fraction of sp³-hybridized carbons (Fsp3) is 0.0968. The standard InChI is InChI=1S/2C22H22GeO2.3C6H4Br.Bi/c2*1-18(22(24)25)17-23(19-11-5-2-6-12-19,20-13-7-3-8-14-20)21-15-9-4-10-16-21;3*7-6-4-2-1-3-5-6;/h2*2-16,18H,17H2,1H3,(H,24,25);3*2-5H;. The predicted octanol–water partition coefficient (Wildman–Crippen LogP) is 10.2. The van der Waals surface area contributed by atoms with E-state index in [1.165, 1.54) is 36.2 Å². The average molecular weight is 1460 g/mol. The fourth-order valence-electron chi connectivity index (χ4n) is 9.35. The number of halogens is 3. The van der Waals surface area contributed by atoms with E-state index in [-0.39, 0.29) is 11.8 Å². The number of rotatable bonds is 15. The summed E-state index contributed by atoms with van der Waals surface area (Å²) in [7, 11) is 0. The zero-order valence-corrected chi connectivity index (χ0v) is 52.5. The van der Waals surface area contributed by atoms with Gasteiger partial charge in [0.15, 0.2) is 0 Å². The molecule has 2 N–H and O–H groups in total. The number of carbonyl (C=O) groups is 2. The third kappa shape index (κ3) is 13.9. The first-order valence-corrected chi connectivity index (χ1v) is 40.6. The summed E-state index contributed by atoms with van der Waals surface area (Å²) in [5.41, 5.74) is 0. The van der Waals surface area contributed by atoms with Crippen molar-refractivity contribution in [2.75, 3.05) is 0 Å². The summed E-state index contributed by atoms with van der Waals surface area (Å²) in [5, 5.41) is 20.6. The second-order valence-corrected chi connectivity index (χ2v) is 45.6. The molecule has 9 aromatic carbocycles. The Balaban J connectivity index is 0.000000159. The van der Waals surface area contributed by atoms with Gasteiger partial charge < -0.3 is 0 Å². The molecule has 0 aliphatic rings. The molecule has 0 aliphatic heterocycles. The van der Waals surface area contributed by atoms with Gasteiger partial charge in [-0.25, -0.2) is 0 Å². The van der Waals surface area contributed by atoms with Crippen molar-refractivity contribution in [1.29, 1.82) is 0 Å². The molecule has 72 heavy (non-hydrogen) atoms. The van der Waals surface area contributed by atoms with E-state index in [2.05, 4.69) is 266 Å². The molecule has 0 saturated carbocycles. The van der Waals surface area contributed by atoms with Gasteiger partial charge in [0.2, 0.25) is 0 Å². The summed E-state index contributed by atoms with van der Waals surface area (Å²) >= 11 is 2.19. The van der Waals surface area contributed by atoms with Crippen molar-refractivity contribution in [2.24, 2.45) is 11.8 Å². The third-order valence-corrected chi connectivity index (χ3v) is 45.7. The molecule has 362 valence electrons. The van der Waals surface area contributed by atoms with Gasteiger partial charge in [0.25, 0.3) is 0 Å². The van der Waals surface area contributed by atoms with Gasteiger partial charge in [-0.15, -0.1) is 0 Å². The van der Waals surface area contributed by atoms with Gasteiger partial charge in [0.05, 0.1) is 0 Å². The molecule has 0 amide bonds. The van der Waals surface area contributed by atoms with E-state index >= 15 is 0 Å². The summed E-state index contributed by atoms with van der Waals surface area (Å²) in [4.78, 5) is 23.4. The van der Waals surface area contributed by atoms with Crippen molar-refractivity contribution in [2.45, 2.75) is 24.4 Å². The molecular weight excluding hydrogens is 1400 g/mol. The SMILES string of the molecule is Brc1cc[c]([Bi]([c]2ccc(Br)cc2)[c]2ccc(Br)cc2)cc1.CC([CH2][Ge]([c]1ccccc1)([c]1ccccc1)[c]1ccccc1)C(=O)O.CC([CH2][Ge]([c]1ccccc1)([c]1ccccc1)[c]1ccccc1)C(=O)O. The fourth-order valence-corrected chi connectivity index (χ4v) is 40.2. The van der Waals surface area contributed by atoms with E-state index in [0.29, 0.717) is 10.5 Å². The molecule has 0 aromatic heterocycles. The molecule has 0 saturated heterocycles. The van der Waals surface area contributed by atoms with Crippen molar-refractivity contribution in [3.8, 4) is 0 Å². The number of benzene rings is 9. The topological polar surface area (TPSA) is 74.6 Å². The Hall–Kier alpha value is -4.67. The van der Waals surface area contributed by atoms with E-state index in [1.54, 1.807) is 0 Å². The monoisotopic (exact) mass is 1460 g/mol. The van der Waals surface area contributed by atoms with E-state index in [0.717, 1.165) is 13.4 Å². The van der Waals surface area contributed by atoms with Crippen LogP contribution in [0.25, 0.3) is 0 Å². The molecule has 9 aromatic rings. The van der Waals surface area contributed by atoms with Gasteiger partial charge in [-0.1, -0.05) is 0 Å². The minimum absolute atomic E-state index is 0.388. The van der Waals surface area contributed by atoms with Crippen molar-refractivity contribution in [3.63, 3.8) is 0 Å². The molecule has 2 atom stereocenters. The van der Waals surface area contributed by atoms with Gasteiger partial charge >= 0.3 is 468 Å². The molecule has 4 nitrogen and oxygen atoms in total. The van der Waals surface area contributed by atoms with Crippen molar-refractivity contribution >= 4 is 144 Å². The van der Waals surface area contributed by atoms with E-state index < -0.39 is 60.2 Å². The summed E-state index contributed by atoms with van der Waals surface area (Å²) in [6, 6.07) is 89.5. The van der Waals surface area contributed by atoms with E-state index in [1.807, 2.05) is 50.2 Å². The predicted molar refractivity (Wildman–Crippen MR) is 318 cm³/mol. The zero-order valence-electron chi connectivity index (χ0n) is 40.1. The molecule has 0 fully saturated rings. The summed E-state index contributed by atoms with van der Waals surface area (Å²) < 4.78 is 15.7. The van der Waals surface area contributed by atoms with Gasteiger partial charge in [-0.2, -0.15) is 0 Å². The van der Waals surface area contributed by atoms with Crippen LogP contribution in [-0.4, -0.2) is 70.4 Å². The quantitative estimate of drug-likeness (QED) is 0.100. The number of carboxylic acid groups (broad SMARTS) is 2. The van der Waals surface area contributed by atoms with Crippen LogP contribution in [-0.2, 0) is 9.59 Å². The van der Waals surface area contributed by atoms with Crippen LogP contribution in [0.1, 0.15) is 13.8 Å². The Morgan fingerprint density at radius 3 is 0.694 bits per heavy atom. The summed E-state index contributed by atoms with van der Waals surface area (Å²) in [6.07, 6.45) is 0. The zero-order chi connectivity index (χ0) is 50.9. The second-order valence-electron chi connectivity index (χ2n) is 17.7. The molecule has 0 spiro atoms. The minimum atomic E-state index is -3.11. The van der Waals surface area contributed by atoms with Crippen molar-refractivity contribution in [3.05, 3.63) is 268 Å². The van der Waals surface area contributed by atoms with Crippen LogP contribution in [0.15, 0.2) is 268 Å². The molecular formula is C62H56BiBr3Ge2O4. The van der Waals surface area contributed by atoms with Gasteiger partial charge in [0.1, 0.15) is 0 Å². The Labute approximate surface area is 463 Å². The number of carboxylic acids is 2. The Morgan fingerprint density at radius 2 is 0.528 bits per heavy atom. The Morgan fingerprint density at radius 1 is 0.347 bits per heavy atom. The van der Waals surface area contributed by atoms with Crippen molar-refractivity contribution in [1.82, 2.24) is 0 Å².